The Kier molecular flexibility index (Phi) is 7.54. The minimum Gasteiger partial charge on any atom is -0.494 e. The molecule has 0 fully saturated rings. The Morgan fingerprint density at radius 2 is 2.00 bits per heavy atom. The normalized spacial score (nSPS) is 11.3. The Labute approximate surface area is 132 Å². The summed E-state index contributed by atoms with van der Waals surface area (Å²) in [5.41, 5.74) is 0.288. The van der Waals surface area contributed by atoms with Gasteiger partial charge >= 0.3 is 5.97 Å². The number of rotatable bonds is 9. The maximum absolute atomic E-state index is 13.8. The van der Waals surface area contributed by atoms with Gasteiger partial charge in [-0.2, -0.15) is 0 Å². The van der Waals surface area contributed by atoms with Gasteiger partial charge in [-0.15, -0.1) is 0 Å². The second kappa shape index (κ2) is 8.90. The molecular weight excluding hydrogens is 303 g/mol. The van der Waals surface area contributed by atoms with Gasteiger partial charge in [-0.05, 0) is 24.6 Å². The molecule has 6 heteroatoms. The van der Waals surface area contributed by atoms with Gasteiger partial charge in [0.15, 0.2) is 6.79 Å². The number of benzene rings is 1. The molecule has 0 heterocycles. The molecule has 0 aromatic heterocycles. The molecule has 1 rings (SSSR count). The van der Waals surface area contributed by atoms with Gasteiger partial charge < -0.3 is 14.2 Å². The first-order valence-corrected chi connectivity index (χ1v) is 11.2. The van der Waals surface area contributed by atoms with Crippen molar-refractivity contribution >= 4 is 14.0 Å². The van der Waals surface area contributed by atoms with Crippen molar-refractivity contribution in [2.24, 2.45) is 0 Å². The molecule has 0 unspecified atom stereocenters. The fraction of sp³-hybridized carbons (Fsp3) is 0.562. The highest BCUT2D eigenvalue weighted by atomic mass is 28.3. The van der Waals surface area contributed by atoms with E-state index < -0.39 is 19.9 Å². The van der Waals surface area contributed by atoms with Crippen LogP contribution in [0.4, 0.5) is 4.39 Å². The van der Waals surface area contributed by atoms with Crippen molar-refractivity contribution in [1.82, 2.24) is 0 Å². The lowest BCUT2D eigenvalue weighted by Gasteiger charge is -2.15. The lowest BCUT2D eigenvalue weighted by atomic mass is 10.1. The minimum atomic E-state index is -1.14. The van der Waals surface area contributed by atoms with Crippen LogP contribution in [0, 0.1) is 5.82 Å². The molecule has 0 atom stereocenters. The van der Waals surface area contributed by atoms with Crippen molar-refractivity contribution in [3.05, 3.63) is 29.6 Å². The summed E-state index contributed by atoms with van der Waals surface area (Å²) in [7, 11) is -1.14. The van der Waals surface area contributed by atoms with Crippen molar-refractivity contribution in [2.75, 3.05) is 20.0 Å². The first-order valence-electron chi connectivity index (χ1n) is 7.46. The van der Waals surface area contributed by atoms with Gasteiger partial charge in [0.25, 0.3) is 0 Å². The average molecular weight is 328 g/mol. The van der Waals surface area contributed by atoms with Crippen LogP contribution in [-0.2, 0) is 20.7 Å². The van der Waals surface area contributed by atoms with Gasteiger partial charge in [-0.3, -0.25) is 4.79 Å². The van der Waals surface area contributed by atoms with Gasteiger partial charge in [0.2, 0.25) is 0 Å². The van der Waals surface area contributed by atoms with E-state index in [1.54, 1.807) is 6.07 Å². The summed E-state index contributed by atoms with van der Waals surface area (Å²) in [6.45, 7) is 9.54. The van der Waals surface area contributed by atoms with E-state index in [1.807, 2.05) is 6.92 Å². The molecule has 0 aliphatic heterocycles. The maximum atomic E-state index is 13.8. The Balaban J connectivity index is 2.33. The van der Waals surface area contributed by atoms with Gasteiger partial charge in [0.05, 0.1) is 13.0 Å². The minimum absolute atomic E-state index is 0.0814. The molecule has 0 saturated heterocycles. The van der Waals surface area contributed by atoms with Crippen molar-refractivity contribution in [1.29, 1.82) is 0 Å². The Morgan fingerprint density at radius 3 is 2.59 bits per heavy atom. The molecule has 0 bridgehead atoms. The predicted octanol–water partition coefficient (Wildman–Crippen LogP) is 3.62. The summed E-state index contributed by atoms with van der Waals surface area (Å²) in [6.07, 6.45) is -0.115. The van der Waals surface area contributed by atoms with E-state index in [0.717, 1.165) is 6.04 Å². The van der Waals surface area contributed by atoms with E-state index in [-0.39, 0.29) is 18.8 Å². The lowest BCUT2D eigenvalue weighted by molar-refractivity contribution is -0.155. The van der Waals surface area contributed by atoms with Crippen LogP contribution in [0.25, 0.3) is 0 Å². The molecule has 1 aromatic rings. The molecule has 4 nitrogen and oxygen atoms in total. The van der Waals surface area contributed by atoms with Crippen LogP contribution >= 0.6 is 0 Å². The number of carbonyl (C=O) groups excluding carboxylic acids is 1. The topological polar surface area (TPSA) is 44.8 Å². The molecule has 22 heavy (non-hydrogen) atoms. The molecule has 0 N–H and O–H groups in total. The van der Waals surface area contributed by atoms with Crippen LogP contribution in [0.5, 0.6) is 5.75 Å². The highest BCUT2D eigenvalue weighted by molar-refractivity contribution is 6.76. The largest absolute Gasteiger partial charge is 0.494 e. The van der Waals surface area contributed by atoms with E-state index in [9.17, 15) is 9.18 Å². The molecular formula is C16H25FO4Si. The number of ether oxygens (including phenoxy) is 3. The summed E-state index contributed by atoms with van der Waals surface area (Å²) in [4.78, 5) is 11.6. The molecule has 0 saturated carbocycles. The molecule has 0 spiro atoms. The summed E-state index contributed by atoms with van der Waals surface area (Å²) >= 11 is 0. The molecule has 0 amide bonds. The van der Waals surface area contributed by atoms with Crippen molar-refractivity contribution < 1.29 is 23.4 Å². The van der Waals surface area contributed by atoms with Crippen molar-refractivity contribution in [3.63, 3.8) is 0 Å². The summed E-state index contributed by atoms with van der Waals surface area (Å²) < 4.78 is 29.2. The Hall–Kier alpha value is -1.40. The number of hydrogen-bond acceptors (Lipinski definition) is 4. The standard InChI is InChI=1S/C16H25FO4Si/c1-5-20-14-7-6-13(15(17)11-14)10-16(18)21-12-19-8-9-22(2,3)4/h6-7,11H,5,8-10,12H2,1-4H3. The Bertz CT molecular complexity index is 486. The third-order valence-corrected chi connectivity index (χ3v) is 4.67. The van der Waals surface area contributed by atoms with E-state index in [2.05, 4.69) is 19.6 Å². The highest BCUT2D eigenvalue weighted by Crippen LogP contribution is 2.17. The van der Waals surface area contributed by atoms with Crippen LogP contribution in [0.1, 0.15) is 12.5 Å². The van der Waals surface area contributed by atoms with Gasteiger partial charge in [-0.1, -0.05) is 25.7 Å². The first kappa shape index (κ1) is 18.6. The quantitative estimate of drug-likeness (QED) is 0.301. The number of carbonyl (C=O) groups is 1. The summed E-state index contributed by atoms with van der Waals surface area (Å²) in [5.74, 6) is -0.523. The number of hydrogen-bond donors (Lipinski definition) is 0. The second-order valence-electron chi connectivity index (χ2n) is 6.22. The summed E-state index contributed by atoms with van der Waals surface area (Å²) in [5, 5.41) is 0. The van der Waals surface area contributed by atoms with E-state index >= 15 is 0 Å². The molecule has 1 aromatic carbocycles. The average Bonchev–Trinajstić information content (AvgIpc) is 2.40. The monoisotopic (exact) mass is 328 g/mol. The van der Waals surface area contributed by atoms with Crippen LogP contribution in [0.15, 0.2) is 18.2 Å². The van der Waals surface area contributed by atoms with E-state index in [0.29, 0.717) is 19.0 Å². The number of esters is 1. The zero-order chi connectivity index (χ0) is 16.6. The van der Waals surface area contributed by atoms with Crippen LogP contribution in [0.2, 0.25) is 25.7 Å². The van der Waals surface area contributed by atoms with Gasteiger partial charge in [0.1, 0.15) is 11.6 Å². The zero-order valence-electron chi connectivity index (χ0n) is 13.8. The third kappa shape index (κ3) is 7.56. The second-order valence-corrected chi connectivity index (χ2v) is 11.8. The van der Waals surface area contributed by atoms with Gasteiger partial charge in [0, 0.05) is 20.7 Å². The van der Waals surface area contributed by atoms with Gasteiger partial charge in [-0.25, -0.2) is 4.39 Å². The van der Waals surface area contributed by atoms with E-state index in [1.165, 1.54) is 12.1 Å². The highest BCUT2D eigenvalue weighted by Gasteiger charge is 2.13. The first-order chi connectivity index (χ1) is 10.3. The van der Waals surface area contributed by atoms with Crippen molar-refractivity contribution in [2.45, 2.75) is 39.0 Å². The smallest absolute Gasteiger partial charge is 0.312 e. The lowest BCUT2D eigenvalue weighted by Crippen LogP contribution is -2.22. The Morgan fingerprint density at radius 1 is 1.27 bits per heavy atom. The fourth-order valence-electron chi connectivity index (χ4n) is 1.68. The predicted molar refractivity (Wildman–Crippen MR) is 86.3 cm³/mol. The summed E-state index contributed by atoms with van der Waals surface area (Å²) in [6, 6.07) is 5.46. The molecule has 0 aliphatic carbocycles. The number of halogens is 1. The molecule has 0 radical (unpaired) electrons. The SMILES string of the molecule is CCOc1ccc(CC(=O)OCOCC[Si](C)(C)C)c(F)c1. The maximum Gasteiger partial charge on any atom is 0.312 e. The van der Waals surface area contributed by atoms with Crippen molar-refractivity contribution in [3.8, 4) is 5.75 Å². The third-order valence-electron chi connectivity index (χ3n) is 2.97. The van der Waals surface area contributed by atoms with Crippen LogP contribution in [-0.4, -0.2) is 34.0 Å². The molecule has 124 valence electrons. The zero-order valence-corrected chi connectivity index (χ0v) is 14.8. The molecule has 0 aliphatic rings. The van der Waals surface area contributed by atoms with Crippen LogP contribution < -0.4 is 4.74 Å². The fourth-order valence-corrected chi connectivity index (χ4v) is 2.44. The van der Waals surface area contributed by atoms with Crippen LogP contribution in [0.3, 0.4) is 0 Å². The van der Waals surface area contributed by atoms with E-state index in [4.69, 9.17) is 14.2 Å².